The van der Waals surface area contributed by atoms with Crippen molar-refractivity contribution in [1.29, 1.82) is 0 Å². The van der Waals surface area contributed by atoms with Gasteiger partial charge in [0.25, 0.3) is 5.91 Å². The summed E-state index contributed by atoms with van der Waals surface area (Å²) in [5.74, 6) is 0.130. The van der Waals surface area contributed by atoms with Crippen molar-refractivity contribution in [3.05, 3.63) is 34.9 Å². The first-order chi connectivity index (χ1) is 8.08. The Morgan fingerprint density at radius 2 is 1.89 bits per heavy atom. The van der Waals surface area contributed by atoms with E-state index in [0.29, 0.717) is 6.04 Å². The van der Waals surface area contributed by atoms with E-state index in [2.05, 4.69) is 11.4 Å². The molecule has 1 atom stereocenters. The molecular weight excluding hydrogens is 248 g/mol. The van der Waals surface area contributed by atoms with Gasteiger partial charge < -0.3 is 10.2 Å². The highest BCUT2D eigenvalue weighted by atomic mass is 35.5. The minimum absolute atomic E-state index is 0. The van der Waals surface area contributed by atoms with E-state index in [9.17, 15) is 4.79 Å². The van der Waals surface area contributed by atoms with Gasteiger partial charge in [0.15, 0.2) is 0 Å². The molecule has 1 fully saturated rings. The Labute approximate surface area is 115 Å². The molecule has 0 radical (unpaired) electrons. The molecule has 1 aromatic rings. The molecule has 0 bridgehead atoms. The summed E-state index contributed by atoms with van der Waals surface area (Å²) in [6, 6.07) is 6.36. The third-order valence-corrected chi connectivity index (χ3v) is 3.37. The van der Waals surface area contributed by atoms with Gasteiger partial charge in [-0.25, -0.2) is 0 Å². The maximum Gasteiger partial charge on any atom is 0.253 e. The van der Waals surface area contributed by atoms with Crippen LogP contribution in [0.2, 0.25) is 0 Å². The first-order valence-corrected chi connectivity index (χ1v) is 6.14. The molecule has 1 heterocycles. The SMILES string of the molecule is Cc1cc(C)cc(C(=O)N(C)C2CCNC2)c1.Cl. The molecule has 4 heteroatoms. The number of nitrogens with one attached hydrogen (secondary N) is 1. The second kappa shape index (κ2) is 6.21. The molecule has 1 aliphatic heterocycles. The Bertz CT molecular complexity index is 408. The smallest absolute Gasteiger partial charge is 0.253 e. The Morgan fingerprint density at radius 1 is 1.28 bits per heavy atom. The number of amides is 1. The van der Waals surface area contributed by atoms with Gasteiger partial charge in [0.2, 0.25) is 0 Å². The zero-order valence-corrected chi connectivity index (χ0v) is 12.0. The lowest BCUT2D eigenvalue weighted by atomic mass is 10.1. The monoisotopic (exact) mass is 268 g/mol. The summed E-state index contributed by atoms with van der Waals surface area (Å²) in [5, 5.41) is 3.29. The second-order valence-corrected chi connectivity index (χ2v) is 4.94. The lowest BCUT2D eigenvalue weighted by molar-refractivity contribution is 0.0743. The molecule has 1 N–H and O–H groups in total. The predicted molar refractivity (Wildman–Crippen MR) is 76.5 cm³/mol. The zero-order valence-electron chi connectivity index (χ0n) is 11.2. The summed E-state index contributed by atoms with van der Waals surface area (Å²) >= 11 is 0. The minimum atomic E-state index is 0. The number of likely N-dealkylation sites (N-methyl/N-ethyl adjacent to an activating group) is 1. The molecule has 2 rings (SSSR count). The van der Waals surface area contributed by atoms with Crippen molar-refractivity contribution in [3.8, 4) is 0 Å². The van der Waals surface area contributed by atoms with Gasteiger partial charge in [0.05, 0.1) is 0 Å². The Hall–Kier alpha value is -1.06. The maximum atomic E-state index is 12.3. The lowest BCUT2D eigenvalue weighted by Crippen LogP contribution is -2.38. The number of carbonyl (C=O) groups excluding carboxylic acids is 1. The normalized spacial score (nSPS) is 18.3. The Kier molecular flexibility index (Phi) is 5.17. The van der Waals surface area contributed by atoms with E-state index in [1.54, 1.807) is 0 Å². The van der Waals surface area contributed by atoms with Crippen molar-refractivity contribution in [2.75, 3.05) is 20.1 Å². The fraction of sp³-hybridized carbons (Fsp3) is 0.500. The van der Waals surface area contributed by atoms with Crippen LogP contribution in [-0.4, -0.2) is 37.0 Å². The van der Waals surface area contributed by atoms with Gasteiger partial charge >= 0.3 is 0 Å². The lowest BCUT2D eigenvalue weighted by Gasteiger charge is -2.24. The van der Waals surface area contributed by atoms with Gasteiger partial charge in [-0.1, -0.05) is 17.2 Å². The summed E-state index contributed by atoms with van der Waals surface area (Å²) in [7, 11) is 1.90. The fourth-order valence-corrected chi connectivity index (χ4v) is 2.44. The first-order valence-electron chi connectivity index (χ1n) is 6.14. The van der Waals surface area contributed by atoms with Gasteiger partial charge in [-0.2, -0.15) is 0 Å². The number of rotatable bonds is 2. The van der Waals surface area contributed by atoms with Gasteiger partial charge in [0, 0.05) is 25.2 Å². The van der Waals surface area contributed by atoms with E-state index in [-0.39, 0.29) is 18.3 Å². The number of benzene rings is 1. The van der Waals surface area contributed by atoms with E-state index in [0.717, 1.165) is 36.2 Å². The molecule has 3 nitrogen and oxygen atoms in total. The second-order valence-electron chi connectivity index (χ2n) is 4.94. The highest BCUT2D eigenvalue weighted by Crippen LogP contribution is 2.14. The van der Waals surface area contributed by atoms with E-state index in [4.69, 9.17) is 0 Å². The number of nitrogens with zero attached hydrogens (tertiary/aromatic N) is 1. The van der Waals surface area contributed by atoms with E-state index < -0.39 is 0 Å². The van der Waals surface area contributed by atoms with Crippen molar-refractivity contribution in [2.24, 2.45) is 0 Å². The molecule has 1 unspecified atom stereocenters. The number of halogens is 1. The highest BCUT2D eigenvalue weighted by Gasteiger charge is 2.24. The Balaban J connectivity index is 0.00000162. The van der Waals surface area contributed by atoms with Gasteiger partial charge in [0.1, 0.15) is 0 Å². The first kappa shape index (κ1) is 15.0. The van der Waals surface area contributed by atoms with Crippen molar-refractivity contribution in [3.63, 3.8) is 0 Å². The fourth-order valence-electron chi connectivity index (χ4n) is 2.44. The Morgan fingerprint density at radius 3 is 2.39 bits per heavy atom. The van der Waals surface area contributed by atoms with E-state index >= 15 is 0 Å². The molecular formula is C14H21ClN2O. The van der Waals surface area contributed by atoms with E-state index in [1.165, 1.54) is 0 Å². The van der Waals surface area contributed by atoms with Crippen LogP contribution >= 0.6 is 12.4 Å². The van der Waals surface area contributed by atoms with Crippen molar-refractivity contribution in [1.82, 2.24) is 10.2 Å². The summed E-state index contributed by atoms with van der Waals surface area (Å²) in [4.78, 5) is 14.2. The highest BCUT2D eigenvalue weighted by molar-refractivity contribution is 5.94. The van der Waals surface area contributed by atoms with Gasteiger partial charge in [-0.15, -0.1) is 12.4 Å². The van der Waals surface area contributed by atoms with Crippen LogP contribution in [0.3, 0.4) is 0 Å². The average molecular weight is 269 g/mol. The topological polar surface area (TPSA) is 32.3 Å². The van der Waals surface area contributed by atoms with E-state index in [1.807, 2.05) is 37.9 Å². The predicted octanol–water partition coefficient (Wildman–Crippen LogP) is 2.16. The van der Waals surface area contributed by atoms with Crippen molar-refractivity contribution < 1.29 is 4.79 Å². The van der Waals surface area contributed by atoms with Crippen molar-refractivity contribution >= 4 is 18.3 Å². The van der Waals surface area contributed by atoms with Gasteiger partial charge in [-0.3, -0.25) is 4.79 Å². The number of aryl methyl sites for hydroxylation is 2. The van der Waals surface area contributed by atoms with Crippen molar-refractivity contribution in [2.45, 2.75) is 26.3 Å². The zero-order chi connectivity index (χ0) is 12.4. The maximum absolute atomic E-state index is 12.3. The summed E-state index contributed by atoms with van der Waals surface area (Å²) < 4.78 is 0. The van der Waals surface area contributed by atoms with Crippen LogP contribution in [0.4, 0.5) is 0 Å². The molecule has 0 spiro atoms. The van der Waals surface area contributed by atoms with Crippen LogP contribution in [-0.2, 0) is 0 Å². The molecule has 18 heavy (non-hydrogen) atoms. The quantitative estimate of drug-likeness (QED) is 0.892. The van der Waals surface area contributed by atoms with Crippen LogP contribution in [0.25, 0.3) is 0 Å². The largest absolute Gasteiger partial charge is 0.337 e. The van der Waals surface area contributed by atoms with Crippen LogP contribution < -0.4 is 5.32 Å². The van der Waals surface area contributed by atoms with Gasteiger partial charge in [-0.05, 0) is 38.9 Å². The third kappa shape index (κ3) is 3.24. The standard InChI is InChI=1S/C14H20N2O.ClH/c1-10-6-11(2)8-12(7-10)14(17)16(3)13-4-5-15-9-13;/h6-8,13,15H,4-5,9H2,1-3H3;1H. The molecule has 1 aromatic carbocycles. The van der Waals surface area contributed by atoms with Crippen LogP contribution in [0.5, 0.6) is 0 Å². The molecule has 1 amide bonds. The van der Waals surface area contributed by atoms with Crippen LogP contribution in [0.15, 0.2) is 18.2 Å². The number of hydrogen-bond donors (Lipinski definition) is 1. The summed E-state index contributed by atoms with van der Waals surface area (Å²) in [6.07, 6.45) is 1.05. The van der Waals surface area contributed by atoms with Crippen LogP contribution in [0.1, 0.15) is 27.9 Å². The summed E-state index contributed by atoms with van der Waals surface area (Å²) in [5.41, 5.74) is 3.09. The summed E-state index contributed by atoms with van der Waals surface area (Å²) in [6.45, 7) is 5.98. The molecule has 1 saturated heterocycles. The average Bonchev–Trinajstić information content (AvgIpc) is 2.79. The molecule has 0 aliphatic carbocycles. The molecule has 100 valence electrons. The number of hydrogen-bond acceptors (Lipinski definition) is 2. The minimum Gasteiger partial charge on any atom is -0.337 e. The molecule has 1 aliphatic rings. The molecule has 0 aromatic heterocycles. The number of carbonyl (C=O) groups is 1. The molecule has 0 saturated carbocycles. The van der Waals surface area contributed by atoms with Crippen LogP contribution in [0, 0.1) is 13.8 Å². The third-order valence-electron chi connectivity index (χ3n) is 3.37.